The Hall–Kier alpha value is -6.14. The first-order valence-corrected chi connectivity index (χ1v) is 18.1. The number of aromatic nitrogens is 2. The molecule has 4 unspecified atom stereocenters. The molecule has 6 heteroatoms. The van der Waals surface area contributed by atoms with Crippen molar-refractivity contribution in [2.75, 3.05) is 0 Å². The summed E-state index contributed by atoms with van der Waals surface area (Å²) < 4.78 is 33.6. The number of halogens is 2. The second-order valence-electron chi connectivity index (χ2n) is 14.1. The molecule has 1 aromatic heterocycles. The maximum atomic E-state index is 16.8. The van der Waals surface area contributed by atoms with E-state index in [1.807, 2.05) is 115 Å². The molecule has 2 aliphatic carbocycles. The van der Waals surface area contributed by atoms with E-state index in [1.54, 1.807) is 18.2 Å². The van der Waals surface area contributed by atoms with Gasteiger partial charge in [0.2, 0.25) is 0 Å². The second-order valence-corrected chi connectivity index (χ2v) is 14.1. The summed E-state index contributed by atoms with van der Waals surface area (Å²) in [6.45, 7) is 4.31. The predicted molar refractivity (Wildman–Crippen MR) is 210 cm³/mol. The molecule has 0 fully saturated rings. The van der Waals surface area contributed by atoms with E-state index in [2.05, 4.69) is 38.2 Å². The number of aliphatic imine (C=N–C) groups is 2. The summed E-state index contributed by atoms with van der Waals surface area (Å²) in [4.78, 5) is 20.0. The lowest BCUT2D eigenvalue weighted by Gasteiger charge is -2.33. The van der Waals surface area contributed by atoms with E-state index in [4.69, 9.17) is 20.0 Å². The van der Waals surface area contributed by atoms with Crippen LogP contribution in [0.5, 0.6) is 0 Å². The number of benzene rings is 5. The summed E-state index contributed by atoms with van der Waals surface area (Å²) >= 11 is 0. The summed E-state index contributed by atoms with van der Waals surface area (Å²) in [5, 5.41) is 0. The fraction of sp³-hybridized carbons (Fsp3) is 0.149. The molecule has 0 bridgehead atoms. The number of alkyl halides is 2. The maximum Gasteiger partial charge on any atom is 0.299 e. The highest BCUT2D eigenvalue weighted by atomic mass is 19.3. The molecule has 4 nitrogen and oxygen atoms in total. The number of rotatable bonds is 6. The third kappa shape index (κ3) is 5.84. The average Bonchev–Trinajstić information content (AvgIpc) is 3.44. The first-order chi connectivity index (χ1) is 25.8. The molecular weight excluding hydrogens is 659 g/mol. The van der Waals surface area contributed by atoms with E-state index in [9.17, 15) is 0 Å². The van der Waals surface area contributed by atoms with Crippen molar-refractivity contribution < 1.29 is 8.78 Å². The van der Waals surface area contributed by atoms with Crippen LogP contribution < -0.4 is 0 Å². The average molecular weight is 695 g/mol. The van der Waals surface area contributed by atoms with E-state index < -0.39 is 5.92 Å². The number of hydrogen-bond acceptors (Lipinski definition) is 4. The zero-order valence-corrected chi connectivity index (χ0v) is 29.4. The van der Waals surface area contributed by atoms with Crippen molar-refractivity contribution in [3.05, 3.63) is 180 Å². The molecule has 0 N–H and O–H groups in total. The van der Waals surface area contributed by atoms with Crippen molar-refractivity contribution in [1.82, 2.24) is 9.97 Å². The second kappa shape index (κ2) is 13.1. The van der Waals surface area contributed by atoms with Crippen LogP contribution in [-0.2, 0) is 5.92 Å². The maximum absolute atomic E-state index is 16.8. The van der Waals surface area contributed by atoms with Gasteiger partial charge in [0.25, 0.3) is 5.92 Å². The van der Waals surface area contributed by atoms with Gasteiger partial charge in [0.05, 0.1) is 17.4 Å². The minimum Gasteiger partial charge on any atom is -0.257 e. The quantitative estimate of drug-likeness (QED) is 0.174. The highest BCUT2D eigenvalue weighted by molar-refractivity contribution is 6.10. The van der Waals surface area contributed by atoms with E-state index in [0.717, 1.165) is 33.7 Å². The number of fused-ring (bicyclic) bond motifs is 3. The first kappa shape index (κ1) is 32.7. The Morgan fingerprint density at radius 3 is 1.83 bits per heavy atom. The third-order valence-electron chi connectivity index (χ3n) is 10.7. The molecule has 0 radical (unpaired) electrons. The van der Waals surface area contributed by atoms with Crippen LogP contribution in [0, 0.1) is 17.8 Å². The van der Waals surface area contributed by atoms with Gasteiger partial charge in [0, 0.05) is 50.9 Å². The molecule has 5 aromatic carbocycles. The number of allylic oxidation sites excluding steroid dienone is 4. The molecule has 2 heterocycles. The Bertz CT molecular complexity index is 2410. The third-order valence-corrected chi connectivity index (χ3v) is 10.7. The first-order valence-electron chi connectivity index (χ1n) is 18.1. The molecule has 0 spiro atoms. The molecule has 9 rings (SSSR count). The van der Waals surface area contributed by atoms with Crippen LogP contribution in [0.15, 0.2) is 168 Å². The Morgan fingerprint density at radius 2 is 1.15 bits per heavy atom. The van der Waals surface area contributed by atoms with Crippen molar-refractivity contribution in [3.8, 4) is 45.0 Å². The van der Waals surface area contributed by atoms with Gasteiger partial charge in [-0.1, -0.05) is 153 Å². The van der Waals surface area contributed by atoms with Crippen LogP contribution in [0.1, 0.15) is 42.1 Å². The normalized spacial score (nSPS) is 21.1. The lowest BCUT2D eigenvalue weighted by molar-refractivity contribution is 0.0479. The van der Waals surface area contributed by atoms with Gasteiger partial charge in [-0.25, -0.2) is 15.0 Å². The zero-order chi connectivity index (χ0) is 36.1. The van der Waals surface area contributed by atoms with Crippen LogP contribution in [0.3, 0.4) is 0 Å². The zero-order valence-electron chi connectivity index (χ0n) is 29.4. The summed E-state index contributed by atoms with van der Waals surface area (Å²) in [6, 6.07) is 41.8. The highest BCUT2D eigenvalue weighted by Crippen LogP contribution is 2.53. The number of amidine groups is 1. The monoisotopic (exact) mass is 694 g/mol. The van der Waals surface area contributed by atoms with Crippen LogP contribution in [0.25, 0.3) is 45.0 Å². The van der Waals surface area contributed by atoms with E-state index in [1.165, 1.54) is 0 Å². The van der Waals surface area contributed by atoms with Crippen molar-refractivity contribution in [2.24, 2.45) is 27.7 Å². The van der Waals surface area contributed by atoms with Gasteiger partial charge in [-0.05, 0) is 40.8 Å². The molecule has 4 atom stereocenters. The number of hydrogen-bond donors (Lipinski definition) is 0. The van der Waals surface area contributed by atoms with Crippen LogP contribution in [-0.4, -0.2) is 21.5 Å². The van der Waals surface area contributed by atoms with Gasteiger partial charge in [0.1, 0.15) is 0 Å². The topological polar surface area (TPSA) is 50.5 Å². The van der Waals surface area contributed by atoms with Gasteiger partial charge < -0.3 is 0 Å². The molecule has 3 aliphatic rings. The molecule has 0 amide bonds. The highest BCUT2D eigenvalue weighted by Gasteiger charge is 2.45. The smallest absolute Gasteiger partial charge is 0.257 e. The minimum absolute atomic E-state index is 0.00127. The lowest BCUT2D eigenvalue weighted by Crippen LogP contribution is -2.33. The molecule has 258 valence electrons. The van der Waals surface area contributed by atoms with Crippen LogP contribution in [0.2, 0.25) is 0 Å². The molecule has 0 saturated heterocycles. The van der Waals surface area contributed by atoms with Gasteiger partial charge in [-0.15, -0.1) is 0 Å². The molecule has 0 saturated carbocycles. The van der Waals surface area contributed by atoms with Crippen molar-refractivity contribution >= 4 is 11.5 Å². The minimum atomic E-state index is -3.22. The Labute approximate surface area is 308 Å². The molecule has 6 aromatic rings. The number of nitrogens with zero attached hydrogens (tertiary/aromatic N) is 4. The van der Waals surface area contributed by atoms with Gasteiger partial charge in [-0.3, -0.25) is 4.99 Å². The summed E-state index contributed by atoms with van der Waals surface area (Å²) in [5.41, 5.74) is 7.42. The van der Waals surface area contributed by atoms with Gasteiger partial charge >= 0.3 is 0 Å². The van der Waals surface area contributed by atoms with Gasteiger partial charge in [0.15, 0.2) is 11.7 Å². The SMILES string of the molecule is CC1C=CC=CC1C1=NC(c2ccccc2)=NC(c2ccc3c(c2)C(F)(F)c2cc(-c4cc(-c5ccccc5)nc(-c5ccccc5)n4)ccc2-3)C1C. The van der Waals surface area contributed by atoms with Crippen molar-refractivity contribution in [1.29, 1.82) is 0 Å². The van der Waals surface area contributed by atoms with Gasteiger partial charge in [-0.2, -0.15) is 8.78 Å². The summed E-state index contributed by atoms with van der Waals surface area (Å²) in [5.74, 6) is -1.79. The molecule has 1 aliphatic heterocycles. The Morgan fingerprint density at radius 1 is 0.566 bits per heavy atom. The Balaban J connectivity index is 1.11. The van der Waals surface area contributed by atoms with E-state index in [-0.39, 0.29) is 34.9 Å². The van der Waals surface area contributed by atoms with E-state index >= 15 is 8.78 Å². The lowest BCUT2D eigenvalue weighted by atomic mass is 9.77. The fourth-order valence-electron chi connectivity index (χ4n) is 7.86. The van der Waals surface area contributed by atoms with Crippen LogP contribution in [0.4, 0.5) is 8.78 Å². The molecule has 53 heavy (non-hydrogen) atoms. The largest absolute Gasteiger partial charge is 0.299 e. The standard InChI is InChI=1S/C47H36F2N4/c1-29-14-12-13-21-36(29)44-30(2)43(52-46(53-44)33-19-10-5-11-20-33)35-23-25-38-37-24-22-34(26-39(37)47(48,49)40(38)27-35)42-28-41(31-15-6-3-7-16-31)50-45(51-42)32-17-8-4-9-18-32/h3-30,36,43H,1-2H3. The summed E-state index contributed by atoms with van der Waals surface area (Å²) in [7, 11) is 0. The molecular formula is C47H36F2N4. The fourth-order valence-corrected chi connectivity index (χ4v) is 7.86. The van der Waals surface area contributed by atoms with Crippen LogP contribution >= 0.6 is 0 Å². The van der Waals surface area contributed by atoms with Crippen molar-refractivity contribution in [3.63, 3.8) is 0 Å². The van der Waals surface area contributed by atoms with Crippen molar-refractivity contribution in [2.45, 2.75) is 25.8 Å². The summed E-state index contributed by atoms with van der Waals surface area (Å²) in [6.07, 6.45) is 8.52. The van der Waals surface area contributed by atoms with E-state index in [0.29, 0.717) is 34.0 Å². The predicted octanol–water partition coefficient (Wildman–Crippen LogP) is 11.6. The Kier molecular flexibility index (Phi) is 8.11.